The van der Waals surface area contributed by atoms with E-state index in [-0.39, 0.29) is 36.8 Å². The number of carbonyl (C=O) groups is 1. The molecule has 2 aromatic heterocycles. The van der Waals surface area contributed by atoms with Crippen molar-refractivity contribution in [2.75, 3.05) is 6.54 Å². The number of carbonyl (C=O) groups excluding carboxylic acids is 1. The summed E-state index contributed by atoms with van der Waals surface area (Å²) in [7, 11) is 0. The highest BCUT2D eigenvalue weighted by Gasteiger charge is 2.24. The van der Waals surface area contributed by atoms with Gasteiger partial charge in [0.25, 0.3) is 5.91 Å². The van der Waals surface area contributed by atoms with Gasteiger partial charge in [-0.3, -0.25) is 9.89 Å². The molecular formula is C16H25Cl2N5O. The number of hydrogen-bond acceptors (Lipinski definition) is 4. The SMILES string of the molecule is Cc1[nH]nc2ncc(C(=O)NC(CN)C3CCCCC3)cc12.Cl.Cl. The summed E-state index contributed by atoms with van der Waals surface area (Å²) in [6.45, 7) is 2.40. The van der Waals surface area contributed by atoms with Crippen molar-refractivity contribution >= 4 is 41.8 Å². The summed E-state index contributed by atoms with van der Waals surface area (Å²) in [5, 5.41) is 10.9. The molecule has 0 aromatic carbocycles. The van der Waals surface area contributed by atoms with Crippen LogP contribution in [0.15, 0.2) is 12.3 Å². The number of hydrogen-bond donors (Lipinski definition) is 3. The fraction of sp³-hybridized carbons (Fsp3) is 0.562. The van der Waals surface area contributed by atoms with Crippen LogP contribution in [0.4, 0.5) is 0 Å². The molecule has 0 spiro atoms. The molecule has 1 fully saturated rings. The van der Waals surface area contributed by atoms with Gasteiger partial charge in [-0.2, -0.15) is 5.10 Å². The maximum absolute atomic E-state index is 12.5. The van der Waals surface area contributed by atoms with Crippen LogP contribution in [0.1, 0.15) is 48.2 Å². The van der Waals surface area contributed by atoms with Gasteiger partial charge in [0.2, 0.25) is 0 Å². The Balaban J connectivity index is 0.00000144. The molecule has 134 valence electrons. The number of aromatic nitrogens is 3. The van der Waals surface area contributed by atoms with E-state index in [1.165, 1.54) is 19.3 Å². The van der Waals surface area contributed by atoms with E-state index in [1.807, 2.05) is 13.0 Å². The molecule has 2 aromatic rings. The number of aromatic amines is 1. The second kappa shape index (κ2) is 9.20. The van der Waals surface area contributed by atoms with Gasteiger partial charge in [-0.25, -0.2) is 4.98 Å². The minimum Gasteiger partial charge on any atom is -0.348 e. The van der Waals surface area contributed by atoms with Crippen molar-refractivity contribution in [3.05, 3.63) is 23.5 Å². The first-order chi connectivity index (χ1) is 10.7. The van der Waals surface area contributed by atoms with E-state index in [9.17, 15) is 4.79 Å². The summed E-state index contributed by atoms with van der Waals surface area (Å²) < 4.78 is 0. The Morgan fingerprint density at radius 3 is 2.75 bits per heavy atom. The Bertz CT molecular complexity index is 670. The summed E-state index contributed by atoms with van der Waals surface area (Å²) in [4.78, 5) is 16.7. The van der Waals surface area contributed by atoms with Crippen LogP contribution in [0, 0.1) is 12.8 Å². The first-order valence-electron chi connectivity index (χ1n) is 8.00. The van der Waals surface area contributed by atoms with Crippen molar-refractivity contribution in [3.8, 4) is 0 Å². The van der Waals surface area contributed by atoms with Gasteiger partial charge in [0.15, 0.2) is 5.65 Å². The summed E-state index contributed by atoms with van der Waals surface area (Å²) in [5.74, 6) is 0.395. The molecular weight excluding hydrogens is 349 g/mol. The van der Waals surface area contributed by atoms with E-state index in [1.54, 1.807) is 6.20 Å². The maximum Gasteiger partial charge on any atom is 0.253 e. The molecule has 0 aliphatic heterocycles. The van der Waals surface area contributed by atoms with Crippen LogP contribution >= 0.6 is 24.8 Å². The van der Waals surface area contributed by atoms with E-state index in [4.69, 9.17) is 5.73 Å². The smallest absolute Gasteiger partial charge is 0.253 e. The molecule has 0 saturated heterocycles. The van der Waals surface area contributed by atoms with E-state index >= 15 is 0 Å². The molecule has 1 unspecified atom stereocenters. The summed E-state index contributed by atoms with van der Waals surface area (Å²) >= 11 is 0. The molecule has 0 bridgehead atoms. The lowest BCUT2D eigenvalue weighted by atomic mass is 9.84. The number of nitrogens with zero attached hydrogens (tertiary/aromatic N) is 2. The topological polar surface area (TPSA) is 96.7 Å². The highest BCUT2D eigenvalue weighted by atomic mass is 35.5. The van der Waals surface area contributed by atoms with E-state index in [0.29, 0.717) is 23.7 Å². The summed E-state index contributed by atoms with van der Waals surface area (Å²) in [5.41, 5.74) is 8.00. The van der Waals surface area contributed by atoms with Gasteiger partial charge in [0.05, 0.1) is 5.56 Å². The number of pyridine rings is 1. The normalized spacial score (nSPS) is 16.1. The summed E-state index contributed by atoms with van der Waals surface area (Å²) in [6.07, 6.45) is 7.65. The average Bonchev–Trinajstić information content (AvgIpc) is 2.94. The minimum atomic E-state index is -0.101. The standard InChI is InChI=1S/C16H23N5O.2ClH/c1-10-13-7-12(9-18-15(13)21-20-10)16(22)19-14(8-17)11-5-3-2-4-6-11;;/h7,9,11,14H,2-6,8,17H2,1H3,(H,19,22)(H,18,20,21);2*1H. The third kappa shape index (κ3) is 4.37. The van der Waals surface area contributed by atoms with Crippen molar-refractivity contribution in [2.24, 2.45) is 11.7 Å². The highest BCUT2D eigenvalue weighted by molar-refractivity contribution is 5.97. The number of nitrogens with two attached hydrogens (primary N) is 1. The number of rotatable bonds is 4. The Morgan fingerprint density at radius 1 is 1.38 bits per heavy atom. The number of halogens is 2. The van der Waals surface area contributed by atoms with Crippen LogP contribution in [-0.4, -0.2) is 33.7 Å². The second-order valence-corrected chi connectivity index (χ2v) is 6.16. The Kier molecular flexibility index (Phi) is 7.93. The van der Waals surface area contributed by atoms with Crippen molar-refractivity contribution < 1.29 is 4.79 Å². The van der Waals surface area contributed by atoms with Gasteiger partial charge in [-0.05, 0) is 31.7 Å². The van der Waals surface area contributed by atoms with Crippen LogP contribution in [-0.2, 0) is 0 Å². The monoisotopic (exact) mass is 373 g/mol. The molecule has 1 amide bonds. The number of nitrogens with one attached hydrogen (secondary N) is 2. The van der Waals surface area contributed by atoms with Crippen molar-refractivity contribution in [2.45, 2.75) is 45.1 Å². The Labute approximate surface area is 154 Å². The Hall–Kier alpha value is -1.37. The van der Waals surface area contributed by atoms with Crippen LogP contribution in [0.3, 0.4) is 0 Å². The lowest BCUT2D eigenvalue weighted by molar-refractivity contribution is 0.0915. The van der Waals surface area contributed by atoms with E-state index in [2.05, 4.69) is 20.5 Å². The number of fused-ring (bicyclic) bond motifs is 1. The quantitative estimate of drug-likeness (QED) is 0.767. The zero-order valence-corrected chi connectivity index (χ0v) is 15.4. The molecule has 2 heterocycles. The van der Waals surface area contributed by atoms with E-state index in [0.717, 1.165) is 23.9 Å². The molecule has 8 heteroatoms. The molecule has 1 aliphatic rings. The number of aryl methyl sites for hydroxylation is 1. The molecule has 1 saturated carbocycles. The van der Waals surface area contributed by atoms with Crippen LogP contribution in [0.2, 0.25) is 0 Å². The molecule has 6 nitrogen and oxygen atoms in total. The largest absolute Gasteiger partial charge is 0.348 e. The molecule has 0 radical (unpaired) electrons. The van der Waals surface area contributed by atoms with Gasteiger partial charge in [-0.1, -0.05) is 19.3 Å². The van der Waals surface area contributed by atoms with Gasteiger partial charge >= 0.3 is 0 Å². The molecule has 1 aliphatic carbocycles. The number of amides is 1. The minimum absolute atomic E-state index is 0. The zero-order chi connectivity index (χ0) is 15.5. The van der Waals surface area contributed by atoms with Gasteiger partial charge in [-0.15, -0.1) is 24.8 Å². The number of H-pyrrole nitrogens is 1. The lowest BCUT2D eigenvalue weighted by Gasteiger charge is -2.30. The van der Waals surface area contributed by atoms with Crippen molar-refractivity contribution in [1.82, 2.24) is 20.5 Å². The van der Waals surface area contributed by atoms with Crippen LogP contribution < -0.4 is 11.1 Å². The predicted octanol–water partition coefficient (Wildman–Crippen LogP) is 2.75. The van der Waals surface area contributed by atoms with Gasteiger partial charge in [0.1, 0.15) is 0 Å². The van der Waals surface area contributed by atoms with E-state index < -0.39 is 0 Å². The van der Waals surface area contributed by atoms with Crippen LogP contribution in [0.5, 0.6) is 0 Å². The van der Waals surface area contributed by atoms with Crippen LogP contribution in [0.25, 0.3) is 11.0 Å². The van der Waals surface area contributed by atoms with Crippen molar-refractivity contribution in [3.63, 3.8) is 0 Å². The first-order valence-corrected chi connectivity index (χ1v) is 8.00. The lowest BCUT2D eigenvalue weighted by Crippen LogP contribution is -2.45. The molecule has 4 N–H and O–H groups in total. The first kappa shape index (κ1) is 20.7. The molecule has 24 heavy (non-hydrogen) atoms. The summed E-state index contributed by atoms with van der Waals surface area (Å²) in [6, 6.07) is 1.89. The fourth-order valence-corrected chi connectivity index (χ4v) is 3.30. The highest BCUT2D eigenvalue weighted by Crippen LogP contribution is 2.26. The average molecular weight is 374 g/mol. The molecule has 1 atom stereocenters. The van der Waals surface area contributed by atoms with Crippen molar-refractivity contribution in [1.29, 1.82) is 0 Å². The fourth-order valence-electron chi connectivity index (χ4n) is 3.30. The third-order valence-corrected chi connectivity index (χ3v) is 4.65. The second-order valence-electron chi connectivity index (χ2n) is 6.16. The maximum atomic E-state index is 12.5. The Morgan fingerprint density at radius 2 is 2.08 bits per heavy atom. The predicted molar refractivity (Wildman–Crippen MR) is 100 cm³/mol. The third-order valence-electron chi connectivity index (χ3n) is 4.65. The van der Waals surface area contributed by atoms with Gasteiger partial charge < -0.3 is 11.1 Å². The molecule has 3 rings (SSSR count). The van der Waals surface area contributed by atoms with Gasteiger partial charge in [0, 0.05) is 29.9 Å². The zero-order valence-electron chi connectivity index (χ0n) is 13.7.